The van der Waals surface area contributed by atoms with E-state index in [-0.39, 0.29) is 11.6 Å². The predicted octanol–water partition coefficient (Wildman–Crippen LogP) is 2.29. The van der Waals surface area contributed by atoms with Gasteiger partial charge in [-0.3, -0.25) is 4.79 Å². The van der Waals surface area contributed by atoms with Crippen LogP contribution in [0.15, 0.2) is 36.5 Å². The Morgan fingerprint density at radius 3 is 2.65 bits per heavy atom. The Bertz CT molecular complexity index is 638. The Kier molecular flexibility index (Phi) is 3.89. The number of nitrogen functional groups attached to an aromatic ring is 1. The summed E-state index contributed by atoms with van der Waals surface area (Å²) in [5.41, 5.74) is 9.18. The fourth-order valence-corrected chi connectivity index (χ4v) is 1.86. The topological polar surface area (TPSA) is 71.2 Å². The van der Waals surface area contributed by atoms with Gasteiger partial charge >= 0.3 is 0 Å². The summed E-state index contributed by atoms with van der Waals surface area (Å²) in [5, 5.41) is 2.83. The quantitative estimate of drug-likeness (QED) is 0.897. The second-order valence-electron chi connectivity index (χ2n) is 4.79. The van der Waals surface area contributed by atoms with E-state index in [1.54, 1.807) is 18.3 Å². The highest BCUT2D eigenvalue weighted by Gasteiger charge is 2.12. The molecule has 0 saturated carbocycles. The number of carbonyl (C=O) groups is 1. The second kappa shape index (κ2) is 5.61. The molecular formula is C15H18N4O. The van der Waals surface area contributed by atoms with E-state index < -0.39 is 0 Å². The molecule has 0 aliphatic heterocycles. The molecule has 0 atom stereocenters. The first-order valence-electron chi connectivity index (χ1n) is 6.29. The largest absolute Gasteiger partial charge is 0.397 e. The van der Waals surface area contributed by atoms with E-state index in [1.807, 2.05) is 44.1 Å². The van der Waals surface area contributed by atoms with Gasteiger partial charge in [-0.15, -0.1) is 0 Å². The third-order valence-electron chi connectivity index (χ3n) is 3.03. The van der Waals surface area contributed by atoms with Gasteiger partial charge in [0.1, 0.15) is 0 Å². The van der Waals surface area contributed by atoms with Crippen molar-refractivity contribution in [2.24, 2.45) is 0 Å². The van der Waals surface area contributed by atoms with Crippen LogP contribution in [0, 0.1) is 6.92 Å². The van der Waals surface area contributed by atoms with E-state index in [0.29, 0.717) is 5.69 Å². The summed E-state index contributed by atoms with van der Waals surface area (Å²) in [6.07, 6.45) is 1.55. The molecule has 0 radical (unpaired) electrons. The van der Waals surface area contributed by atoms with Gasteiger partial charge in [0.25, 0.3) is 5.91 Å². The molecule has 2 rings (SSSR count). The van der Waals surface area contributed by atoms with E-state index >= 15 is 0 Å². The van der Waals surface area contributed by atoms with Gasteiger partial charge in [0.15, 0.2) is 5.69 Å². The van der Waals surface area contributed by atoms with Crippen molar-refractivity contribution in [3.8, 4) is 0 Å². The highest BCUT2D eigenvalue weighted by molar-refractivity contribution is 6.06. The molecule has 0 fully saturated rings. The molecule has 20 heavy (non-hydrogen) atoms. The Morgan fingerprint density at radius 1 is 1.30 bits per heavy atom. The van der Waals surface area contributed by atoms with Crippen LogP contribution in [0.3, 0.4) is 0 Å². The van der Waals surface area contributed by atoms with Crippen molar-refractivity contribution >= 4 is 23.0 Å². The van der Waals surface area contributed by atoms with Gasteiger partial charge < -0.3 is 16.0 Å². The van der Waals surface area contributed by atoms with Crippen LogP contribution in [0.25, 0.3) is 0 Å². The maximum atomic E-state index is 12.1. The molecule has 0 unspecified atom stereocenters. The molecule has 3 N–H and O–H groups in total. The zero-order valence-electron chi connectivity index (χ0n) is 11.8. The number of amides is 1. The maximum absolute atomic E-state index is 12.1. The fraction of sp³-hybridized carbons (Fsp3) is 0.200. The molecule has 104 valence electrons. The Balaban J connectivity index is 2.22. The predicted molar refractivity (Wildman–Crippen MR) is 82.1 cm³/mol. The van der Waals surface area contributed by atoms with Crippen molar-refractivity contribution < 1.29 is 4.79 Å². The van der Waals surface area contributed by atoms with Crippen molar-refractivity contribution in [2.75, 3.05) is 30.0 Å². The van der Waals surface area contributed by atoms with Crippen LogP contribution >= 0.6 is 0 Å². The van der Waals surface area contributed by atoms with Crippen LogP contribution in [0.5, 0.6) is 0 Å². The number of anilines is 3. The number of benzene rings is 1. The van der Waals surface area contributed by atoms with Crippen molar-refractivity contribution in [2.45, 2.75) is 6.92 Å². The summed E-state index contributed by atoms with van der Waals surface area (Å²) in [5.74, 6) is -0.302. The fourth-order valence-electron chi connectivity index (χ4n) is 1.86. The molecule has 0 spiro atoms. The first-order valence-corrected chi connectivity index (χ1v) is 6.29. The first-order chi connectivity index (χ1) is 9.49. The minimum atomic E-state index is -0.302. The number of nitrogens with one attached hydrogen (secondary N) is 1. The van der Waals surface area contributed by atoms with E-state index in [9.17, 15) is 4.79 Å². The second-order valence-corrected chi connectivity index (χ2v) is 4.79. The summed E-state index contributed by atoms with van der Waals surface area (Å²) in [7, 11) is 3.95. The molecule has 5 nitrogen and oxygen atoms in total. The molecule has 0 aliphatic carbocycles. The number of hydrogen-bond donors (Lipinski definition) is 2. The molecule has 0 bridgehead atoms. The molecule has 0 aliphatic rings. The third kappa shape index (κ3) is 2.88. The van der Waals surface area contributed by atoms with E-state index in [0.717, 1.165) is 16.9 Å². The molecule has 0 saturated heterocycles. The lowest BCUT2D eigenvalue weighted by Gasteiger charge is -2.15. The average Bonchev–Trinajstić information content (AvgIpc) is 2.41. The van der Waals surface area contributed by atoms with Gasteiger partial charge in [-0.25, -0.2) is 4.98 Å². The van der Waals surface area contributed by atoms with Crippen molar-refractivity contribution in [3.63, 3.8) is 0 Å². The minimum absolute atomic E-state index is 0.239. The SMILES string of the molecule is Cc1cc(N(C)C)ccc1NC(=O)c1ncccc1N. The lowest BCUT2D eigenvalue weighted by atomic mass is 10.1. The highest BCUT2D eigenvalue weighted by Crippen LogP contribution is 2.22. The molecule has 5 heteroatoms. The van der Waals surface area contributed by atoms with Crippen molar-refractivity contribution in [1.29, 1.82) is 0 Å². The summed E-state index contributed by atoms with van der Waals surface area (Å²) < 4.78 is 0. The molecular weight excluding hydrogens is 252 g/mol. The molecule has 1 aromatic heterocycles. The lowest BCUT2D eigenvalue weighted by Crippen LogP contribution is -2.16. The van der Waals surface area contributed by atoms with Crippen LogP contribution in [0.4, 0.5) is 17.1 Å². The van der Waals surface area contributed by atoms with E-state index in [1.165, 1.54) is 0 Å². The number of aryl methyl sites for hydroxylation is 1. The number of nitrogens with zero attached hydrogens (tertiary/aromatic N) is 2. The van der Waals surface area contributed by atoms with Crippen molar-refractivity contribution in [1.82, 2.24) is 4.98 Å². The number of nitrogens with two attached hydrogens (primary N) is 1. The molecule has 1 aromatic carbocycles. The first kappa shape index (κ1) is 13.9. The lowest BCUT2D eigenvalue weighted by molar-refractivity contribution is 0.102. The minimum Gasteiger partial charge on any atom is -0.397 e. The summed E-state index contributed by atoms with van der Waals surface area (Å²) in [4.78, 5) is 18.2. The molecule has 2 aromatic rings. The number of hydrogen-bond acceptors (Lipinski definition) is 4. The van der Waals surface area contributed by atoms with Crippen molar-refractivity contribution in [3.05, 3.63) is 47.8 Å². The third-order valence-corrected chi connectivity index (χ3v) is 3.03. The normalized spacial score (nSPS) is 10.2. The van der Waals surface area contributed by atoms with E-state index in [2.05, 4.69) is 10.3 Å². The standard InChI is InChI=1S/C15H18N4O/c1-10-9-11(19(2)3)6-7-13(10)18-15(20)14-12(16)5-4-8-17-14/h4-9H,16H2,1-3H3,(H,18,20). The maximum Gasteiger partial charge on any atom is 0.276 e. The average molecular weight is 270 g/mol. The van der Waals surface area contributed by atoms with Crippen LogP contribution in [-0.2, 0) is 0 Å². The van der Waals surface area contributed by atoms with Gasteiger partial charge in [0.2, 0.25) is 0 Å². The highest BCUT2D eigenvalue weighted by atomic mass is 16.1. The number of rotatable bonds is 3. The number of carbonyl (C=O) groups excluding carboxylic acids is 1. The van der Waals surface area contributed by atoms with Crippen LogP contribution in [0.1, 0.15) is 16.1 Å². The number of aromatic nitrogens is 1. The Morgan fingerprint density at radius 2 is 2.05 bits per heavy atom. The van der Waals surface area contributed by atoms with Gasteiger partial charge in [-0.05, 0) is 42.8 Å². The molecule has 1 amide bonds. The van der Waals surface area contributed by atoms with Crippen LogP contribution in [-0.4, -0.2) is 25.0 Å². The van der Waals surface area contributed by atoms with E-state index in [4.69, 9.17) is 5.73 Å². The Hall–Kier alpha value is -2.56. The monoisotopic (exact) mass is 270 g/mol. The van der Waals surface area contributed by atoms with Gasteiger partial charge in [-0.1, -0.05) is 0 Å². The summed E-state index contributed by atoms with van der Waals surface area (Å²) in [6, 6.07) is 9.19. The summed E-state index contributed by atoms with van der Waals surface area (Å²) in [6.45, 7) is 1.95. The Labute approximate surface area is 118 Å². The molecule has 1 heterocycles. The van der Waals surface area contributed by atoms with Crippen LogP contribution in [0.2, 0.25) is 0 Å². The zero-order chi connectivity index (χ0) is 14.7. The smallest absolute Gasteiger partial charge is 0.276 e. The van der Waals surface area contributed by atoms with Gasteiger partial charge in [0, 0.05) is 31.7 Å². The van der Waals surface area contributed by atoms with Gasteiger partial charge in [-0.2, -0.15) is 0 Å². The van der Waals surface area contributed by atoms with Gasteiger partial charge in [0.05, 0.1) is 5.69 Å². The van der Waals surface area contributed by atoms with Crippen LogP contribution < -0.4 is 16.0 Å². The number of pyridine rings is 1. The summed E-state index contributed by atoms with van der Waals surface area (Å²) >= 11 is 0. The zero-order valence-corrected chi connectivity index (χ0v) is 11.8.